The van der Waals surface area contributed by atoms with Gasteiger partial charge in [0, 0.05) is 36.7 Å². The van der Waals surface area contributed by atoms with Gasteiger partial charge in [0.05, 0.1) is 11.2 Å². The van der Waals surface area contributed by atoms with Crippen LogP contribution in [0, 0.1) is 0 Å². The maximum Gasteiger partial charge on any atom is 0.160 e. The molecule has 0 fully saturated rings. The van der Waals surface area contributed by atoms with Crippen molar-refractivity contribution in [3.05, 3.63) is 133 Å². The Hall–Kier alpha value is -4.86. The number of hydrogen-bond acceptors (Lipinski definition) is 3. The molecule has 0 bridgehead atoms. The van der Waals surface area contributed by atoms with Gasteiger partial charge >= 0.3 is 0 Å². The minimum atomic E-state index is 0.744. The zero-order chi connectivity index (χ0) is 25.8. The van der Waals surface area contributed by atoms with E-state index in [1.807, 2.05) is 17.4 Å². The molecule has 0 aliphatic heterocycles. The predicted octanol–water partition coefficient (Wildman–Crippen LogP) is 10.2. The normalized spacial score (nSPS) is 11.6. The van der Waals surface area contributed by atoms with Gasteiger partial charge in [-0.15, -0.1) is 11.3 Å². The number of hydrogen-bond donors (Lipinski definition) is 0. The van der Waals surface area contributed by atoms with E-state index < -0.39 is 0 Å². The molecule has 2 heterocycles. The third-order valence-corrected chi connectivity index (χ3v) is 8.57. The van der Waals surface area contributed by atoms with Gasteiger partial charge in [-0.3, -0.25) is 0 Å². The lowest BCUT2D eigenvalue weighted by atomic mass is 9.96. The molecule has 182 valence electrons. The Morgan fingerprint density at radius 1 is 0.462 bits per heavy atom. The summed E-state index contributed by atoms with van der Waals surface area (Å²) < 4.78 is 2.54. The molecular formula is C36H22N2S. The zero-order valence-corrected chi connectivity index (χ0v) is 21.8. The van der Waals surface area contributed by atoms with Gasteiger partial charge in [-0.05, 0) is 52.2 Å². The van der Waals surface area contributed by atoms with Gasteiger partial charge in [-0.2, -0.15) is 0 Å². The van der Waals surface area contributed by atoms with E-state index in [-0.39, 0.29) is 0 Å². The molecule has 6 aromatic carbocycles. The maximum absolute atomic E-state index is 5.24. The van der Waals surface area contributed by atoms with Gasteiger partial charge in [0.2, 0.25) is 0 Å². The highest BCUT2D eigenvalue weighted by molar-refractivity contribution is 7.26. The minimum absolute atomic E-state index is 0.744. The molecule has 0 spiro atoms. The Balaban J connectivity index is 1.41. The minimum Gasteiger partial charge on any atom is -0.228 e. The second kappa shape index (κ2) is 8.87. The fourth-order valence-corrected chi connectivity index (χ4v) is 6.76. The number of aromatic nitrogens is 2. The summed E-state index contributed by atoms with van der Waals surface area (Å²) in [5, 5.41) is 6.07. The number of thiophene rings is 1. The molecule has 39 heavy (non-hydrogen) atoms. The van der Waals surface area contributed by atoms with Crippen molar-refractivity contribution in [2.75, 3.05) is 0 Å². The summed E-state index contributed by atoms with van der Waals surface area (Å²) in [7, 11) is 0. The van der Waals surface area contributed by atoms with Crippen LogP contribution in [0.5, 0.6) is 0 Å². The van der Waals surface area contributed by atoms with Gasteiger partial charge < -0.3 is 0 Å². The Bertz CT molecular complexity index is 2180. The van der Waals surface area contributed by atoms with E-state index >= 15 is 0 Å². The van der Waals surface area contributed by atoms with E-state index in [9.17, 15) is 0 Å². The van der Waals surface area contributed by atoms with Crippen molar-refractivity contribution in [1.82, 2.24) is 9.97 Å². The average Bonchev–Trinajstić information content (AvgIpc) is 3.39. The first-order valence-corrected chi connectivity index (χ1v) is 13.9. The molecule has 3 heteroatoms. The predicted molar refractivity (Wildman–Crippen MR) is 166 cm³/mol. The number of nitrogens with zero attached hydrogens (tertiary/aromatic N) is 2. The van der Waals surface area contributed by atoms with E-state index in [1.165, 1.54) is 42.1 Å². The highest BCUT2D eigenvalue weighted by Gasteiger charge is 2.17. The Morgan fingerprint density at radius 2 is 1.21 bits per heavy atom. The second-order valence-electron chi connectivity index (χ2n) is 9.84. The second-order valence-corrected chi connectivity index (χ2v) is 10.9. The molecule has 0 aliphatic rings. The summed E-state index contributed by atoms with van der Waals surface area (Å²) in [6.45, 7) is 0. The zero-order valence-electron chi connectivity index (χ0n) is 21.0. The molecule has 0 unspecified atom stereocenters. The van der Waals surface area contributed by atoms with Crippen LogP contribution in [0.1, 0.15) is 0 Å². The molecule has 2 nitrogen and oxygen atoms in total. The molecule has 0 amide bonds. The van der Waals surface area contributed by atoms with E-state index in [1.54, 1.807) is 0 Å². The molecule has 0 saturated carbocycles. The Kier molecular flexibility index (Phi) is 5.04. The first-order chi connectivity index (χ1) is 19.3. The molecule has 0 saturated heterocycles. The fraction of sp³-hybridized carbons (Fsp3) is 0. The highest BCUT2D eigenvalue weighted by Crippen LogP contribution is 2.42. The largest absolute Gasteiger partial charge is 0.228 e. The molecule has 2 aromatic heterocycles. The van der Waals surface area contributed by atoms with Crippen LogP contribution in [0.4, 0.5) is 0 Å². The van der Waals surface area contributed by atoms with Crippen molar-refractivity contribution in [2.24, 2.45) is 0 Å². The van der Waals surface area contributed by atoms with Gasteiger partial charge in [0.1, 0.15) is 0 Å². The van der Waals surface area contributed by atoms with Crippen molar-refractivity contribution in [1.29, 1.82) is 0 Å². The van der Waals surface area contributed by atoms with Crippen LogP contribution in [0.2, 0.25) is 0 Å². The molecular weight excluding hydrogens is 492 g/mol. The van der Waals surface area contributed by atoms with Gasteiger partial charge in [-0.1, -0.05) is 103 Å². The lowest BCUT2D eigenvalue weighted by Crippen LogP contribution is -1.96. The number of para-hydroxylation sites is 1. The van der Waals surface area contributed by atoms with Crippen LogP contribution in [-0.2, 0) is 0 Å². The number of benzene rings is 6. The fourth-order valence-electron chi connectivity index (χ4n) is 5.59. The first-order valence-electron chi connectivity index (χ1n) is 13.1. The van der Waals surface area contributed by atoms with Crippen LogP contribution in [0.3, 0.4) is 0 Å². The standard InChI is InChI=1S/C36H22N2S/c1-2-11-24(12-3-1)30-21-27(22-33-34(30)29-15-7-9-17-32(29)39-33)36-37-31-16-8-6-14-28(31)35(38-36)26-19-18-23-10-4-5-13-25(23)20-26/h1-22H. The summed E-state index contributed by atoms with van der Waals surface area (Å²) in [4.78, 5) is 10.3. The molecule has 0 radical (unpaired) electrons. The van der Waals surface area contributed by atoms with Crippen LogP contribution in [0.15, 0.2) is 133 Å². The van der Waals surface area contributed by atoms with Gasteiger partial charge in [0.15, 0.2) is 5.82 Å². The average molecular weight is 515 g/mol. The van der Waals surface area contributed by atoms with E-state index in [2.05, 4.69) is 127 Å². The number of rotatable bonds is 3. The third-order valence-electron chi connectivity index (χ3n) is 7.45. The van der Waals surface area contributed by atoms with E-state index in [0.717, 1.165) is 33.5 Å². The van der Waals surface area contributed by atoms with E-state index in [4.69, 9.17) is 9.97 Å². The summed E-state index contributed by atoms with van der Waals surface area (Å²) in [5.74, 6) is 0.744. The lowest BCUT2D eigenvalue weighted by molar-refractivity contribution is 1.23. The molecule has 0 N–H and O–H groups in total. The van der Waals surface area contributed by atoms with Gasteiger partial charge in [0.25, 0.3) is 0 Å². The van der Waals surface area contributed by atoms with Crippen LogP contribution >= 0.6 is 11.3 Å². The SMILES string of the molecule is c1ccc(-c2cc(-c3nc(-c4ccc5ccccc5c4)c4ccccc4n3)cc3sc4ccccc4c23)cc1. The molecule has 0 aliphatic carbocycles. The lowest BCUT2D eigenvalue weighted by Gasteiger charge is -2.12. The summed E-state index contributed by atoms with van der Waals surface area (Å²) in [5.41, 5.74) is 6.44. The summed E-state index contributed by atoms with van der Waals surface area (Å²) >= 11 is 1.83. The summed E-state index contributed by atoms with van der Waals surface area (Å²) in [6, 6.07) is 47.2. The highest BCUT2D eigenvalue weighted by atomic mass is 32.1. The first kappa shape index (κ1) is 22.2. The van der Waals surface area contributed by atoms with Crippen LogP contribution in [-0.4, -0.2) is 9.97 Å². The molecule has 0 atom stereocenters. The monoisotopic (exact) mass is 514 g/mol. The van der Waals surface area contributed by atoms with Crippen molar-refractivity contribution in [2.45, 2.75) is 0 Å². The topological polar surface area (TPSA) is 25.8 Å². The summed E-state index contributed by atoms with van der Waals surface area (Å²) in [6.07, 6.45) is 0. The third kappa shape index (κ3) is 3.70. The van der Waals surface area contributed by atoms with Crippen molar-refractivity contribution in [3.8, 4) is 33.8 Å². The van der Waals surface area contributed by atoms with E-state index in [0.29, 0.717) is 0 Å². The van der Waals surface area contributed by atoms with Gasteiger partial charge in [-0.25, -0.2) is 9.97 Å². The van der Waals surface area contributed by atoms with Crippen molar-refractivity contribution < 1.29 is 0 Å². The quantitative estimate of drug-likeness (QED) is 0.234. The Morgan fingerprint density at radius 3 is 2.10 bits per heavy atom. The van der Waals surface area contributed by atoms with Crippen molar-refractivity contribution >= 4 is 53.2 Å². The smallest absolute Gasteiger partial charge is 0.160 e. The van der Waals surface area contributed by atoms with Crippen LogP contribution in [0.25, 0.3) is 75.6 Å². The Labute approximate surface area is 229 Å². The maximum atomic E-state index is 5.24. The molecule has 8 aromatic rings. The van der Waals surface area contributed by atoms with Crippen LogP contribution < -0.4 is 0 Å². The number of fused-ring (bicyclic) bond motifs is 5. The van der Waals surface area contributed by atoms with Crippen molar-refractivity contribution in [3.63, 3.8) is 0 Å². The molecule has 8 rings (SSSR count).